The number of aromatic hydroxyl groups is 1. The fourth-order valence-electron chi connectivity index (χ4n) is 2.08. The Hall–Kier alpha value is -2.26. The predicted octanol–water partition coefficient (Wildman–Crippen LogP) is 3.55. The molecule has 0 bridgehead atoms. The molecule has 0 saturated heterocycles. The number of rotatable bonds is 1. The van der Waals surface area contributed by atoms with Gasteiger partial charge in [-0.3, -0.25) is 4.79 Å². The Bertz CT molecular complexity index is 824. The molecule has 0 unspecified atom stereocenters. The Morgan fingerprint density at radius 2 is 1.68 bits per heavy atom. The maximum atomic E-state index is 12.1. The molecule has 94 valence electrons. The lowest BCUT2D eigenvalue weighted by molar-refractivity contribution is 0.471. The van der Waals surface area contributed by atoms with Crippen molar-refractivity contribution in [3.63, 3.8) is 0 Å². The average molecular weight is 272 g/mol. The molecule has 3 nitrogen and oxygen atoms in total. The van der Waals surface area contributed by atoms with E-state index in [0.29, 0.717) is 27.2 Å². The summed E-state index contributed by atoms with van der Waals surface area (Å²) in [4.78, 5) is 15.2. The molecule has 0 amide bonds. The van der Waals surface area contributed by atoms with Crippen molar-refractivity contribution in [1.82, 2.24) is 4.98 Å². The summed E-state index contributed by atoms with van der Waals surface area (Å²) < 4.78 is 0. The van der Waals surface area contributed by atoms with Crippen molar-refractivity contribution in [1.29, 1.82) is 0 Å². The van der Waals surface area contributed by atoms with E-state index in [1.807, 2.05) is 6.07 Å². The van der Waals surface area contributed by atoms with Crippen molar-refractivity contribution in [3.05, 3.63) is 63.8 Å². The number of H-pyrrole nitrogens is 1. The minimum Gasteiger partial charge on any atom is -0.503 e. The molecular weight excluding hydrogens is 262 g/mol. The first-order valence-electron chi connectivity index (χ1n) is 5.77. The van der Waals surface area contributed by atoms with Crippen LogP contribution in [0.1, 0.15) is 0 Å². The SMILES string of the molecule is O=c1c(O)c(-c2ccccc2Cl)[nH]c2ccccc12. The minimum absolute atomic E-state index is 0.313. The molecule has 0 spiro atoms. The number of para-hydroxylation sites is 1. The molecular formula is C15H10ClNO2. The van der Waals surface area contributed by atoms with Crippen LogP contribution in [-0.2, 0) is 0 Å². The van der Waals surface area contributed by atoms with Gasteiger partial charge < -0.3 is 10.1 Å². The van der Waals surface area contributed by atoms with Crippen molar-refractivity contribution >= 4 is 22.5 Å². The van der Waals surface area contributed by atoms with Crippen LogP contribution in [0.15, 0.2) is 53.3 Å². The Labute approximate surface area is 114 Å². The van der Waals surface area contributed by atoms with E-state index in [0.717, 1.165) is 0 Å². The highest BCUT2D eigenvalue weighted by molar-refractivity contribution is 6.33. The van der Waals surface area contributed by atoms with Crippen LogP contribution < -0.4 is 5.43 Å². The summed E-state index contributed by atoms with van der Waals surface area (Å²) in [5.41, 5.74) is 1.21. The lowest BCUT2D eigenvalue weighted by atomic mass is 10.1. The van der Waals surface area contributed by atoms with Gasteiger partial charge in [-0.25, -0.2) is 0 Å². The molecule has 2 N–H and O–H groups in total. The number of hydrogen-bond donors (Lipinski definition) is 2. The van der Waals surface area contributed by atoms with E-state index in [9.17, 15) is 9.90 Å². The standard InChI is InChI=1S/C15H10ClNO2/c16-11-7-3-1-5-9(11)13-15(19)14(18)10-6-2-4-8-12(10)17-13/h1-8,19H,(H,17,18). The summed E-state index contributed by atoms with van der Waals surface area (Å²) in [5.74, 6) is -0.313. The Kier molecular flexibility index (Phi) is 2.76. The van der Waals surface area contributed by atoms with Crippen LogP contribution in [0.5, 0.6) is 5.75 Å². The second-order valence-corrected chi connectivity index (χ2v) is 4.61. The van der Waals surface area contributed by atoms with Crippen molar-refractivity contribution in [2.75, 3.05) is 0 Å². The molecule has 19 heavy (non-hydrogen) atoms. The Morgan fingerprint density at radius 3 is 2.47 bits per heavy atom. The van der Waals surface area contributed by atoms with Gasteiger partial charge >= 0.3 is 0 Å². The third kappa shape index (κ3) is 1.88. The lowest BCUT2D eigenvalue weighted by Gasteiger charge is -2.08. The molecule has 2 aromatic carbocycles. The molecule has 3 rings (SSSR count). The number of nitrogens with one attached hydrogen (secondary N) is 1. The van der Waals surface area contributed by atoms with E-state index in [1.54, 1.807) is 42.5 Å². The summed E-state index contributed by atoms with van der Waals surface area (Å²) in [6.45, 7) is 0. The summed E-state index contributed by atoms with van der Waals surface area (Å²) in [7, 11) is 0. The van der Waals surface area contributed by atoms with Gasteiger partial charge in [0.15, 0.2) is 5.75 Å². The molecule has 0 aliphatic heterocycles. The average Bonchev–Trinajstić information content (AvgIpc) is 2.44. The maximum Gasteiger partial charge on any atom is 0.231 e. The van der Waals surface area contributed by atoms with Gasteiger partial charge in [0.2, 0.25) is 5.43 Å². The van der Waals surface area contributed by atoms with E-state index < -0.39 is 5.43 Å². The molecule has 1 heterocycles. The van der Waals surface area contributed by atoms with Gasteiger partial charge in [0, 0.05) is 16.5 Å². The Balaban J connectivity index is 2.40. The highest BCUT2D eigenvalue weighted by Crippen LogP contribution is 2.31. The van der Waals surface area contributed by atoms with E-state index in [4.69, 9.17) is 11.6 Å². The molecule has 1 aromatic heterocycles. The van der Waals surface area contributed by atoms with Crippen molar-refractivity contribution in [2.45, 2.75) is 0 Å². The second kappa shape index (κ2) is 4.44. The summed E-state index contributed by atoms with van der Waals surface area (Å²) in [6, 6.07) is 14.1. The third-order valence-corrected chi connectivity index (χ3v) is 3.36. The van der Waals surface area contributed by atoms with Gasteiger partial charge in [0.1, 0.15) is 0 Å². The smallest absolute Gasteiger partial charge is 0.231 e. The maximum absolute atomic E-state index is 12.1. The van der Waals surface area contributed by atoms with Gasteiger partial charge in [-0.2, -0.15) is 0 Å². The van der Waals surface area contributed by atoms with Crippen LogP contribution in [-0.4, -0.2) is 10.1 Å². The number of pyridine rings is 1. The first-order valence-corrected chi connectivity index (χ1v) is 6.15. The largest absolute Gasteiger partial charge is 0.503 e. The van der Waals surface area contributed by atoms with Crippen LogP contribution in [0.2, 0.25) is 5.02 Å². The van der Waals surface area contributed by atoms with Crippen molar-refractivity contribution in [3.8, 4) is 17.0 Å². The Morgan fingerprint density at radius 1 is 1.00 bits per heavy atom. The number of fused-ring (bicyclic) bond motifs is 1. The number of halogens is 1. The van der Waals surface area contributed by atoms with E-state index in [2.05, 4.69) is 4.98 Å². The molecule has 0 aliphatic carbocycles. The summed E-state index contributed by atoms with van der Waals surface area (Å²) >= 11 is 6.10. The number of aromatic amines is 1. The molecule has 4 heteroatoms. The van der Waals surface area contributed by atoms with Gasteiger partial charge in [0.25, 0.3) is 0 Å². The first kappa shape index (κ1) is 11.8. The van der Waals surface area contributed by atoms with Crippen molar-refractivity contribution < 1.29 is 5.11 Å². The first-order chi connectivity index (χ1) is 9.18. The number of benzene rings is 2. The zero-order valence-electron chi connectivity index (χ0n) is 9.85. The molecule has 0 atom stereocenters. The fraction of sp³-hybridized carbons (Fsp3) is 0. The highest BCUT2D eigenvalue weighted by Gasteiger charge is 2.14. The number of hydrogen-bond acceptors (Lipinski definition) is 2. The van der Waals surface area contributed by atoms with E-state index in [1.165, 1.54) is 0 Å². The minimum atomic E-state index is -0.399. The van der Waals surface area contributed by atoms with Gasteiger partial charge in [-0.05, 0) is 18.2 Å². The van der Waals surface area contributed by atoms with Crippen molar-refractivity contribution in [2.24, 2.45) is 0 Å². The molecule has 0 aliphatic rings. The summed E-state index contributed by atoms with van der Waals surface area (Å²) in [5, 5.41) is 11.0. The van der Waals surface area contributed by atoms with Gasteiger partial charge in [-0.15, -0.1) is 0 Å². The quantitative estimate of drug-likeness (QED) is 0.711. The normalized spacial score (nSPS) is 10.8. The molecule has 0 radical (unpaired) electrons. The zero-order valence-corrected chi connectivity index (χ0v) is 10.6. The van der Waals surface area contributed by atoms with Crippen LogP contribution in [0, 0.1) is 0 Å². The van der Waals surface area contributed by atoms with Crippen LogP contribution in [0.4, 0.5) is 0 Å². The van der Waals surface area contributed by atoms with Crippen LogP contribution in [0.3, 0.4) is 0 Å². The van der Waals surface area contributed by atoms with Crippen LogP contribution >= 0.6 is 11.6 Å². The lowest BCUT2D eigenvalue weighted by Crippen LogP contribution is -2.04. The third-order valence-electron chi connectivity index (χ3n) is 3.03. The van der Waals surface area contributed by atoms with E-state index in [-0.39, 0.29) is 5.75 Å². The highest BCUT2D eigenvalue weighted by atomic mass is 35.5. The van der Waals surface area contributed by atoms with Gasteiger partial charge in [0.05, 0.1) is 10.7 Å². The van der Waals surface area contributed by atoms with E-state index >= 15 is 0 Å². The fourth-order valence-corrected chi connectivity index (χ4v) is 2.31. The topological polar surface area (TPSA) is 53.1 Å². The molecule has 0 saturated carbocycles. The molecule has 3 aromatic rings. The van der Waals surface area contributed by atoms with Crippen LogP contribution in [0.25, 0.3) is 22.2 Å². The number of aromatic nitrogens is 1. The second-order valence-electron chi connectivity index (χ2n) is 4.20. The monoisotopic (exact) mass is 271 g/mol. The zero-order chi connectivity index (χ0) is 13.4. The molecule has 0 fully saturated rings. The summed E-state index contributed by atoms with van der Waals surface area (Å²) in [6.07, 6.45) is 0. The van der Waals surface area contributed by atoms with Gasteiger partial charge in [-0.1, -0.05) is 41.9 Å². The predicted molar refractivity (Wildman–Crippen MR) is 76.7 cm³/mol.